The highest BCUT2D eigenvalue weighted by Gasteiger charge is 2.33. The van der Waals surface area contributed by atoms with E-state index in [-0.39, 0.29) is 25.7 Å². The number of halogens is 1. The number of amides is 2. The van der Waals surface area contributed by atoms with Crippen molar-refractivity contribution >= 4 is 40.6 Å². The number of anilines is 2. The fraction of sp³-hybridized carbons (Fsp3) is 0.500. The summed E-state index contributed by atoms with van der Waals surface area (Å²) in [6.45, 7) is 3.63. The summed E-state index contributed by atoms with van der Waals surface area (Å²) in [6.07, 6.45) is -2.96. The van der Waals surface area contributed by atoms with Crippen molar-refractivity contribution in [2.24, 2.45) is 0 Å². The molecule has 0 spiro atoms. The summed E-state index contributed by atoms with van der Waals surface area (Å²) in [4.78, 5) is 28.8. The van der Waals surface area contributed by atoms with Crippen molar-refractivity contribution in [1.29, 1.82) is 0 Å². The minimum atomic E-state index is -2.04. The number of ether oxygens (including phenoxy) is 1. The van der Waals surface area contributed by atoms with E-state index in [0.717, 1.165) is 0 Å². The molecule has 1 aromatic carbocycles. The molecule has 1 aromatic rings. The zero-order valence-electron chi connectivity index (χ0n) is 15.9. The summed E-state index contributed by atoms with van der Waals surface area (Å²) in [6, 6.07) is 4.52. The fourth-order valence-corrected chi connectivity index (χ4v) is 3.43. The molecule has 11 heteroatoms. The van der Waals surface area contributed by atoms with E-state index in [4.69, 9.17) is 27.2 Å². The average Bonchev–Trinajstić information content (AvgIpc) is 3.06. The lowest BCUT2D eigenvalue weighted by atomic mass is 10.2. The van der Waals surface area contributed by atoms with Crippen molar-refractivity contribution in [3.63, 3.8) is 0 Å². The SMILES string of the molecule is CC(=S)NCC1CN(c2ccc(N3CCN(C(=O)C(O)O)CC3)c(F)c2)C(=O)O1. The number of hydrogen-bond acceptors (Lipinski definition) is 7. The minimum absolute atomic E-state index is 0.254. The predicted octanol–water partition coefficient (Wildman–Crippen LogP) is 0.0471. The zero-order chi connectivity index (χ0) is 21.1. The molecule has 1 atom stereocenters. The number of thiocarbonyl (C=S) groups is 1. The van der Waals surface area contributed by atoms with E-state index in [9.17, 15) is 14.0 Å². The number of cyclic esters (lactones) is 1. The Morgan fingerprint density at radius 3 is 2.62 bits per heavy atom. The number of aliphatic hydroxyl groups is 2. The van der Waals surface area contributed by atoms with Crippen LogP contribution in [0.15, 0.2) is 18.2 Å². The summed E-state index contributed by atoms with van der Waals surface area (Å²) < 4.78 is 20.0. The Hall–Kier alpha value is -2.50. The topological polar surface area (TPSA) is 106 Å². The largest absolute Gasteiger partial charge is 0.442 e. The maximum absolute atomic E-state index is 14.7. The lowest BCUT2D eigenvalue weighted by Gasteiger charge is -2.36. The number of nitrogens with one attached hydrogen (secondary N) is 1. The number of piperazine rings is 1. The van der Waals surface area contributed by atoms with Gasteiger partial charge in [0, 0.05) is 26.2 Å². The summed E-state index contributed by atoms with van der Waals surface area (Å²) in [7, 11) is 0. The van der Waals surface area contributed by atoms with Crippen LogP contribution in [0.5, 0.6) is 0 Å². The highest BCUT2D eigenvalue weighted by Crippen LogP contribution is 2.28. The molecule has 2 heterocycles. The normalized spacial score (nSPS) is 19.6. The van der Waals surface area contributed by atoms with Crippen molar-refractivity contribution in [2.45, 2.75) is 19.3 Å². The Kier molecular flexibility index (Phi) is 6.50. The van der Waals surface area contributed by atoms with Crippen LogP contribution in [0, 0.1) is 5.82 Å². The second-order valence-electron chi connectivity index (χ2n) is 6.88. The van der Waals surface area contributed by atoms with Gasteiger partial charge in [0.2, 0.25) is 6.29 Å². The molecule has 0 radical (unpaired) electrons. The molecule has 2 aliphatic heterocycles. The molecular weight excluding hydrogens is 403 g/mol. The third kappa shape index (κ3) is 4.92. The fourth-order valence-electron chi connectivity index (χ4n) is 3.35. The lowest BCUT2D eigenvalue weighted by molar-refractivity contribution is -0.159. The second kappa shape index (κ2) is 8.89. The molecule has 158 valence electrons. The Labute approximate surface area is 172 Å². The number of rotatable bonds is 5. The molecular formula is C18H23FN4O5S. The lowest BCUT2D eigenvalue weighted by Crippen LogP contribution is -2.51. The van der Waals surface area contributed by atoms with Gasteiger partial charge in [0.1, 0.15) is 11.9 Å². The van der Waals surface area contributed by atoms with Gasteiger partial charge in [-0.2, -0.15) is 0 Å². The van der Waals surface area contributed by atoms with Gasteiger partial charge in [-0.25, -0.2) is 9.18 Å². The van der Waals surface area contributed by atoms with Crippen molar-refractivity contribution in [3.8, 4) is 0 Å². The molecule has 1 unspecified atom stereocenters. The number of hydrogen-bond donors (Lipinski definition) is 3. The molecule has 0 aromatic heterocycles. The van der Waals surface area contributed by atoms with Gasteiger partial charge in [-0.1, -0.05) is 12.2 Å². The summed E-state index contributed by atoms with van der Waals surface area (Å²) in [5.74, 6) is -1.26. The number of benzene rings is 1. The Morgan fingerprint density at radius 1 is 1.34 bits per heavy atom. The van der Waals surface area contributed by atoms with Gasteiger partial charge in [0.15, 0.2) is 0 Å². The molecule has 3 rings (SSSR count). The maximum atomic E-state index is 14.7. The van der Waals surface area contributed by atoms with Crippen LogP contribution in [-0.4, -0.2) is 83.8 Å². The maximum Gasteiger partial charge on any atom is 0.414 e. The molecule has 0 saturated carbocycles. The minimum Gasteiger partial charge on any atom is -0.442 e. The molecule has 9 nitrogen and oxygen atoms in total. The first kappa shape index (κ1) is 21.2. The van der Waals surface area contributed by atoms with Crippen LogP contribution in [0.25, 0.3) is 0 Å². The molecule has 0 aliphatic carbocycles. The van der Waals surface area contributed by atoms with Gasteiger partial charge in [-0.05, 0) is 25.1 Å². The van der Waals surface area contributed by atoms with Gasteiger partial charge >= 0.3 is 6.09 Å². The molecule has 29 heavy (non-hydrogen) atoms. The summed E-state index contributed by atoms with van der Waals surface area (Å²) in [5.41, 5.74) is 0.752. The van der Waals surface area contributed by atoms with E-state index >= 15 is 0 Å². The number of aliphatic hydroxyl groups excluding tert-OH is 1. The monoisotopic (exact) mass is 426 g/mol. The zero-order valence-corrected chi connectivity index (χ0v) is 16.7. The summed E-state index contributed by atoms with van der Waals surface area (Å²) >= 11 is 4.94. The van der Waals surface area contributed by atoms with E-state index in [1.807, 2.05) is 0 Å². The molecule has 2 saturated heterocycles. The smallest absolute Gasteiger partial charge is 0.414 e. The molecule has 0 bridgehead atoms. The van der Waals surface area contributed by atoms with Gasteiger partial charge in [0.25, 0.3) is 5.91 Å². The van der Waals surface area contributed by atoms with Gasteiger partial charge in [-0.15, -0.1) is 0 Å². The molecule has 2 fully saturated rings. The van der Waals surface area contributed by atoms with Crippen LogP contribution in [-0.2, 0) is 9.53 Å². The first-order valence-corrected chi connectivity index (χ1v) is 9.59. The van der Waals surface area contributed by atoms with Crippen molar-refractivity contribution < 1.29 is 28.9 Å². The van der Waals surface area contributed by atoms with Crippen LogP contribution in [0.1, 0.15) is 6.92 Å². The predicted molar refractivity (Wildman–Crippen MR) is 107 cm³/mol. The average molecular weight is 426 g/mol. The molecule has 3 N–H and O–H groups in total. The standard InChI is InChI=1S/C18H23FN4O5S/c1-11(29)20-9-13-10-23(18(27)28-13)12-2-3-15(14(19)8-12)21-4-6-22(7-5-21)16(24)17(25)26/h2-3,8,13,17,25-26H,4-7,9-10H2,1H3,(H,20,29). The van der Waals surface area contributed by atoms with Crippen LogP contribution >= 0.6 is 12.2 Å². The third-order valence-corrected chi connectivity index (χ3v) is 4.99. The highest BCUT2D eigenvalue weighted by molar-refractivity contribution is 7.80. The first-order valence-electron chi connectivity index (χ1n) is 9.18. The van der Waals surface area contributed by atoms with Crippen molar-refractivity contribution in [2.75, 3.05) is 49.1 Å². The highest BCUT2D eigenvalue weighted by atomic mass is 32.1. The second-order valence-corrected chi connectivity index (χ2v) is 7.49. The first-order chi connectivity index (χ1) is 13.8. The third-order valence-electron chi connectivity index (χ3n) is 4.85. The Balaban J connectivity index is 1.63. The van der Waals surface area contributed by atoms with Crippen molar-refractivity contribution in [3.05, 3.63) is 24.0 Å². The molecule has 2 aliphatic rings. The van der Waals surface area contributed by atoms with Crippen LogP contribution in [0.4, 0.5) is 20.6 Å². The quantitative estimate of drug-likeness (QED) is 0.448. The van der Waals surface area contributed by atoms with Crippen LogP contribution in [0.3, 0.4) is 0 Å². The Morgan fingerprint density at radius 2 is 2.03 bits per heavy atom. The van der Waals surface area contributed by atoms with E-state index in [1.54, 1.807) is 24.0 Å². The van der Waals surface area contributed by atoms with Crippen LogP contribution in [0.2, 0.25) is 0 Å². The van der Waals surface area contributed by atoms with Gasteiger partial charge in [-0.3, -0.25) is 9.69 Å². The molecule has 2 amide bonds. The van der Waals surface area contributed by atoms with E-state index < -0.39 is 24.1 Å². The van der Waals surface area contributed by atoms with Crippen molar-refractivity contribution in [1.82, 2.24) is 10.2 Å². The van der Waals surface area contributed by atoms with E-state index in [2.05, 4.69) is 5.32 Å². The van der Waals surface area contributed by atoms with E-state index in [0.29, 0.717) is 36.0 Å². The number of carbonyl (C=O) groups is 2. The van der Waals surface area contributed by atoms with Gasteiger partial charge < -0.3 is 30.1 Å². The summed E-state index contributed by atoms with van der Waals surface area (Å²) in [5, 5.41) is 20.9. The Bertz CT molecular complexity index is 800. The number of nitrogens with zero attached hydrogens (tertiary/aromatic N) is 3. The van der Waals surface area contributed by atoms with Gasteiger partial charge in [0.05, 0.1) is 29.5 Å². The van der Waals surface area contributed by atoms with E-state index in [1.165, 1.54) is 15.9 Å². The number of carbonyl (C=O) groups excluding carboxylic acids is 2. The van der Waals surface area contributed by atoms with Crippen LogP contribution < -0.4 is 15.1 Å².